The maximum Gasteiger partial charge on any atom is 0.221 e. The summed E-state index contributed by atoms with van der Waals surface area (Å²) in [5.41, 5.74) is 14.3. The summed E-state index contributed by atoms with van der Waals surface area (Å²) in [5, 5.41) is 0. The highest BCUT2D eigenvalue weighted by Gasteiger charge is 2.34. The van der Waals surface area contributed by atoms with Crippen LogP contribution in [0.5, 0.6) is 0 Å². The Balaban J connectivity index is 2.26. The molecule has 1 saturated heterocycles. The van der Waals surface area contributed by atoms with Crippen molar-refractivity contribution in [1.82, 2.24) is 4.90 Å². The highest BCUT2D eigenvalue weighted by atomic mass is 16.1. The summed E-state index contributed by atoms with van der Waals surface area (Å²) in [6.45, 7) is 5.84. The minimum absolute atomic E-state index is 0.0365. The van der Waals surface area contributed by atoms with Gasteiger partial charge in [-0.25, -0.2) is 0 Å². The van der Waals surface area contributed by atoms with Crippen LogP contribution in [0.3, 0.4) is 0 Å². The topological polar surface area (TPSA) is 72.3 Å². The summed E-state index contributed by atoms with van der Waals surface area (Å²) in [5.74, 6) is -0.230. The molecule has 4 heteroatoms. The smallest absolute Gasteiger partial charge is 0.221 e. The molecule has 1 fully saturated rings. The van der Waals surface area contributed by atoms with E-state index < -0.39 is 0 Å². The Bertz CT molecular complexity index is 475. The molecule has 1 aromatic carbocycles. The van der Waals surface area contributed by atoms with Crippen LogP contribution in [0.4, 0.5) is 0 Å². The van der Waals surface area contributed by atoms with Crippen LogP contribution in [-0.2, 0) is 4.79 Å². The van der Waals surface area contributed by atoms with Crippen LogP contribution < -0.4 is 11.5 Å². The molecule has 1 aromatic rings. The third-order valence-corrected chi connectivity index (χ3v) is 4.40. The molecule has 0 aliphatic carbocycles. The molecule has 1 amide bonds. The van der Waals surface area contributed by atoms with Gasteiger partial charge in [0.2, 0.25) is 5.91 Å². The van der Waals surface area contributed by atoms with E-state index >= 15 is 0 Å². The SMILES string of the molecule is CCC(N)C(c1ccccc1C)N1CCC(C(N)=O)C1. The van der Waals surface area contributed by atoms with Gasteiger partial charge in [-0.15, -0.1) is 0 Å². The predicted molar refractivity (Wildman–Crippen MR) is 81.1 cm³/mol. The molecule has 0 aromatic heterocycles. The fourth-order valence-corrected chi connectivity index (χ4v) is 3.11. The molecule has 0 radical (unpaired) electrons. The molecular weight excluding hydrogens is 250 g/mol. The van der Waals surface area contributed by atoms with Gasteiger partial charge >= 0.3 is 0 Å². The van der Waals surface area contributed by atoms with Gasteiger partial charge in [-0.1, -0.05) is 31.2 Å². The molecule has 4 nitrogen and oxygen atoms in total. The molecule has 3 atom stereocenters. The second-order valence-electron chi connectivity index (χ2n) is 5.76. The average molecular weight is 275 g/mol. The third kappa shape index (κ3) is 3.02. The third-order valence-electron chi connectivity index (χ3n) is 4.40. The normalized spacial score (nSPS) is 22.6. The number of benzene rings is 1. The first-order valence-electron chi connectivity index (χ1n) is 7.39. The van der Waals surface area contributed by atoms with E-state index in [1.807, 2.05) is 6.07 Å². The van der Waals surface area contributed by atoms with E-state index in [4.69, 9.17) is 11.5 Å². The van der Waals surface area contributed by atoms with Crippen molar-refractivity contribution in [2.75, 3.05) is 13.1 Å². The standard InChI is InChI=1S/C16H25N3O/c1-3-14(17)15(13-7-5-4-6-11(13)2)19-9-8-12(10-19)16(18)20/h4-7,12,14-15H,3,8-10,17H2,1-2H3,(H2,18,20). The fraction of sp³-hybridized carbons (Fsp3) is 0.562. The molecule has 1 aliphatic rings. The van der Waals surface area contributed by atoms with Gasteiger partial charge in [-0.2, -0.15) is 0 Å². The predicted octanol–water partition coefficient (Wildman–Crippen LogP) is 1.58. The molecule has 3 unspecified atom stereocenters. The van der Waals surface area contributed by atoms with Crippen LogP contribution in [0.1, 0.15) is 36.9 Å². The summed E-state index contributed by atoms with van der Waals surface area (Å²) >= 11 is 0. The van der Waals surface area contributed by atoms with Crippen molar-refractivity contribution in [1.29, 1.82) is 0 Å². The summed E-state index contributed by atoms with van der Waals surface area (Å²) in [6.07, 6.45) is 1.75. The van der Waals surface area contributed by atoms with E-state index in [0.29, 0.717) is 0 Å². The van der Waals surface area contributed by atoms with Crippen molar-refractivity contribution >= 4 is 5.91 Å². The molecule has 1 aliphatic heterocycles. The van der Waals surface area contributed by atoms with Crippen LogP contribution >= 0.6 is 0 Å². The summed E-state index contributed by atoms with van der Waals surface area (Å²) in [6, 6.07) is 8.61. The van der Waals surface area contributed by atoms with Gasteiger partial charge in [0.25, 0.3) is 0 Å². The van der Waals surface area contributed by atoms with Gasteiger partial charge in [-0.3, -0.25) is 9.69 Å². The first-order chi connectivity index (χ1) is 9.54. The van der Waals surface area contributed by atoms with Crippen molar-refractivity contribution < 1.29 is 4.79 Å². The molecule has 1 heterocycles. The monoisotopic (exact) mass is 275 g/mol. The van der Waals surface area contributed by atoms with E-state index in [9.17, 15) is 4.79 Å². The lowest BCUT2D eigenvalue weighted by Crippen LogP contribution is -2.40. The number of amides is 1. The molecule has 2 rings (SSSR count). The number of primary amides is 1. The summed E-state index contributed by atoms with van der Waals surface area (Å²) in [4.78, 5) is 13.7. The lowest BCUT2D eigenvalue weighted by Gasteiger charge is -2.33. The molecular formula is C16H25N3O. The zero-order valence-electron chi connectivity index (χ0n) is 12.4. The molecule has 4 N–H and O–H groups in total. The van der Waals surface area contributed by atoms with Crippen molar-refractivity contribution in [3.05, 3.63) is 35.4 Å². The van der Waals surface area contributed by atoms with Gasteiger partial charge in [0, 0.05) is 12.6 Å². The maximum atomic E-state index is 11.4. The molecule has 0 saturated carbocycles. The van der Waals surface area contributed by atoms with Crippen LogP contribution in [-0.4, -0.2) is 29.9 Å². The number of carbonyl (C=O) groups is 1. The Kier molecular flexibility index (Phi) is 4.78. The van der Waals surface area contributed by atoms with Gasteiger partial charge in [-0.05, 0) is 37.4 Å². The fourth-order valence-electron chi connectivity index (χ4n) is 3.11. The Morgan fingerprint density at radius 3 is 2.70 bits per heavy atom. The first-order valence-corrected chi connectivity index (χ1v) is 7.39. The van der Waals surface area contributed by atoms with Gasteiger partial charge < -0.3 is 11.5 Å². The van der Waals surface area contributed by atoms with E-state index in [1.54, 1.807) is 0 Å². The first kappa shape index (κ1) is 15.0. The van der Waals surface area contributed by atoms with E-state index in [1.165, 1.54) is 11.1 Å². The number of nitrogens with zero attached hydrogens (tertiary/aromatic N) is 1. The highest BCUT2D eigenvalue weighted by molar-refractivity contribution is 5.77. The summed E-state index contributed by atoms with van der Waals surface area (Å²) < 4.78 is 0. The molecule has 0 spiro atoms. The number of aryl methyl sites for hydroxylation is 1. The minimum atomic E-state index is -0.193. The Labute approximate surface area is 121 Å². The van der Waals surface area contributed by atoms with Crippen molar-refractivity contribution in [3.63, 3.8) is 0 Å². The number of likely N-dealkylation sites (tertiary alicyclic amines) is 1. The van der Waals surface area contributed by atoms with Crippen LogP contribution in [0, 0.1) is 12.8 Å². The minimum Gasteiger partial charge on any atom is -0.369 e. The molecule has 20 heavy (non-hydrogen) atoms. The highest BCUT2D eigenvalue weighted by Crippen LogP contribution is 2.32. The van der Waals surface area contributed by atoms with Crippen molar-refractivity contribution in [2.45, 2.75) is 38.8 Å². The summed E-state index contributed by atoms with van der Waals surface area (Å²) in [7, 11) is 0. The number of hydrogen-bond donors (Lipinski definition) is 2. The molecule has 110 valence electrons. The van der Waals surface area contributed by atoms with E-state index in [0.717, 1.165) is 25.9 Å². The quantitative estimate of drug-likeness (QED) is 0.857. The van der Waals surface area contributed by atoms with E-state index in [2.05, 4.69) is 36.9 Å². The lowest BCUT2D eigenvalue weighted by atomic mass is 9.93. The van der Waals surface area contributed by atoms with Crippen LogP contribution in [0.25, 0.3) is 0 Å². The Morgan fingerprint density at radius 1 is 1.45 bits per heavy atom. The van der Waals surface area contributed by atoms with Crippen LogP contribution in [0.15, 0.2) is 24.3 Å². The number of rotatable bonds is 5. The lowest BCUT2D eigenvalue weighted by molar-refractivity contribution is -0.121. The number of nitrogens with two attached hydrogens (primary N) is 2. The molecule has 0 bridgehead atoms. The zero-order valence-corrected chi connectivity index (χ0v) is 12.4. The van der Waals surface area contributed by atoms with Crippen molar-refractivity contribution in [3.8, 4) is 0 Å². The van der Waals surface area contributed by atoms with Gasteiger partial charge in [0.1, 0.15) is 0 Å². The maximum absolute atomic E-state index is 11.4. The zero-order chi connectivity index (χ0) is 14.7. The second-order valence-corrected chi connectivity index (χ2v) is 5.76. The van der Waals surface area contributed by atoms with Gasteiger partial charge in [0.05, 0.1) is 12.0 Å². The second kappa shape index (κ2) is 6.37. The number of hydrogen-bond acceptors (Lipinski definition) is 3. The Hall–Kier alpha value is -1.39. The number of carbonyl (C=O) groups excluding carboxylic acids is 1. The average Bonchev–Trinajstić information content (AvgIpc) is 2.90. The Morgan fingerprint density at radius 2 is 2.15 bits per heavy atom. The van der Waals surface area contributed by atoms with Crippen molar-refractivity contribution in [2.24, 2.45) is 17.4 Å². The van der Waals surface area contributed by atoms with Gasteiger partial charge in [0.15, 0.2) is 0 Å². The van der Waals surface area contributed by atoms with Crippen LogP contribution in [0.2, 0.25) is 0 Å². The largest absolute Gasteiger partial charge is 0.369 e. The van der Waals surface area contributed by atoms with E-state index in [-0.39, 0.29) is 23.9 Å².